The first-order valence-corrected chi connectivity index (χ1v) is 10.2. The average Bonchev–Trinajstić information content (AvgIpc) is 3.23. The number of nitrogens with zero attached hydrogens (tertiary/aromatic N) is 3. The lowest BCUT2D eigenvalue weighted by atomic mass is 10.2. The molecule has 0 spiro atoms. The summed E-state index contributed by atoms with van der Waals surface area (Å²) < 4.78 is 16.9. The molecule has 0 aliphatic carbocycles. The van der Waals surface area contributed by atoms with Crippen LogP contribution in [0.3, 0.4) is 0 Å². The quantitative estimate of drug-likeness (QED) is 0.627. The molecular weight excluding hydrogens is 400 g/mol. The van der Waals surface area contributed by atoms with Gasteiger partial charge >= 0.3 is 0 Å². The van der Waals surface area contributed by atoms with Gasteiger partial charge in [-0.05, 0) is 23.9 Å². The number of methoxy groups -OCH3 is 1. The van der Waals surface area contributed by atoms with Crippen molar-refractivity contribution in [3.63, 3.8) is 0 Å². The highest BCUT2D eigenvalue weighted by Crippen LogP contribution is 2.38. The fourth-order valence-electron chi connectivity index (χ4n) is 3.03. The van der Waals surface area contributed by atoms with Gasteiger partial charge in [0.25, 0.3) is 0 Å². The Kier molecular flexibility index (Phi) is 6.21. The van der Waals surface area contributed by atoms with Crippen molar-refractivity contribution in [3.8, 4) is 11.5 Å². The largest absolute Gasteiger partial charge is 0.496 e. The number of hydrogen-bond acceptors (Lipinski definition) is 7. The minimum Gasteiger partial charge on any atom is -0.496 e. The van der Waals surface area contributed by atoms with Crippen LogP contribution in [-0.4, -0.2) is 66.4 Å². The number of ether oxygens (including phenoxy) is 3. The van der Waals surface area contributed by atoms with Gasteiger partial charge in [-0.3, -0.25) is 4.90 Å². The summed E-state index contributed by atoms with van der Waals surface area (Å²) in [5, 5.41) is 2.83. The first-order valence-electron chi connectivity index (χ1n) is 9.02. The van der Waals surface area contributed by atoms with Gasteiger partial charge < -0.3 is 19.2 Å². The average molecular weight is 421 g/mol. The van der Waals surface area contributed by atoms with Crippen molar-refractivity contribution < 1.29 is 14.2 Å². The number of benzene rings is 1. The van der Waals surface area contributed by atoms with E-state index in [2.05, 4.69) is 14.9 Å². The Balaban J connectivity index is 1.55. The zero-order valence-electron chi connectivity index (χ0n) is 15.5. The number of nitrogens with one attached hydrogen (secondary N) is 1. The maximum atomic E-state index is 6.64. The lowest BCUT2D eigenvalue weighted by molar-refractivity contribution is 0.0322. The molecule has 1 aliphatic rings. The predicted molar refractivity (Wildman–Crippen MR) is 109 cm³/mol. The van der Waals surface area contributed by atoms with Crippen LogP contribution >= 0.6 is 23.4 Å². The van der Waals surface area contributed by atoms with Crippen LogP contribution < -0.4 is 9.47 Å². The Bertz CT molecular complexity index is 933. The van der Waals surface area contributed by atoms with Crippen LogP contribution in [0.25, 0.3) is 10.9 Å². The maximum Gasteiger partial charge on any atom is 0.171 e. The van der Waals surface area contributed by atoms with Crippen LogP contribution in [0.1, 0.15) is 0 Å². The van der Waals surface area contributed by atoms with Gasteiger partial charge in [0.1, 0.15) is 28.2 Å². The summed E-state index contributed by atoms with van der Waals surface area (Å²) in [5.41, 5.74) is 0.652. The minimum atomic E-state index is 0.486. The Labute approximate surface area is 172 Å². The minimum absolute atomic E-state index is 0.486. The second kappa shape index (κ2) is 9.00. The highest BCUT2D eigenvalue weighted by Gasteiger charge is 2.16. The summed E-state index contributed by atoms with van der Waals surface area (Å²) in [6, 6.07) is 5.68. The summed E-state index contributed by atoms with van der Waals surface area (Å²) in [5.74, 6) is 1.33. The zero-order chi connectivity index (χ0) is 19.3. The highest BCUT2D eigenvalue weighted by molar-refractivity contribution is 7.99. The van der Waals surface area contributed by atoms with Crippen molar-refractivity contribution >= 4 is 34.3 Å². The smallest absolute Gasteiger partial charge is 0.171 e. The van der Waals surface area contributed by atoms with Gasteiger partial charge in [0.2, 0.25) is 0 Å². The number of H-pyrrole nitrogens is 1. The summed E-state index contributed by atoms with van der Waals surface area (Å²) in [4.78, 5) is 14.3. The van der Waals surface area contributed by atoms with Crippen LogP contribution in [0.5, 0.6) is 11.5 Å². The van der Waals surface area contributed by atoms with E-state index in [4.69, 9.17) is 30.8 Å². The number of halogens is 1. The standard InChI is InChI=1S/C19H21ClN4O3S/c1-25-15-12-16(28-19-21-4-5-22-19)23-18-13(15)2-3-14(17(18)20)27-11-8-24-6-9-26-10-7-24/h2-5,12H,6-11H2,1H3,(H,21,22). The topological polar surface area (TPSA) is 72.5 Å². The zero-order valence-corrected chi connectivity index (χ0v) is 17.1. The molecule has 3 aromatic rings. The van der Waals surface area contributed by atoms with Crippen LogP contribution in [0.4, 0.5) is 0 Å². The third-order valence-electron chi connectivity index (χ3n) is 4.49. The van der Waals surface area contributed by atoms with Gasteiger partial charge in [0.15, 0.2) is 5.16 Å². The molecule has 4 rings (SSSR count). The van der Waals surface area contributed by atoms with Crippen molar-refractivity contribution in [3.05, 3.63) is 35.6 Å². The molecular formula is C19H21ClN4O3S. The molecule has 3 heterocycles. The normalized spacial score (nSPS) is 15.1. The Morgan fingerprint density at radius 3 is 2.89 bits per heavy atom. The second-order valence-corrected chi connectivity index (χ2v) is 7.62. The summed E-state index contributed by atoms with van der Waals surface area (Å²) in [7, 11) is 1.64. The number of imidazole rings is 1. The molecule has 2 aromatic heterocycles. The van der Waals surface area contributed by atoms with Gasteiger partial charge in [-0.1, -0.05) is 11.6 Å². The number of fused-ring (bicyclic) bond motifs is 1. The Morgan fingerprint density at radius 1 is 1.29 bits per heavy atom. The fraction of sp³-hybridized carbons (Fsp3) is 0.368. The number of pyridine rings is 1. The molecule has 0 bridgehead atoms. The van der Waals surface area contributed by atoms with E-state index < -0.39 is 0 Å². The van der Waals surface area contributed by atoms with Crippen LogP contribution in [-0.2, 0) is 4.74 Å². The van der Waals surface area contributed by atoms with Gasteiger partial charge in [-0.15, -0.1) is 0 Å². The van der Waals surface area contributed by atoms with Crippen LogP contribution in [0.2, 0.25) is 5.02 Å². The lowest BCUT2D eigenvalue weighted by Gasteiger charge is -2.26. The molecule has 1 aromatic carbocycles. The van der Waals surface area contributed by atoms with Gasteiger partial charge in [-0.25, -0.2) is 9.97 Å². The molecule has 1 aliphatic heterocycles. The number of morpholine rings is 1. The summed E-state index contributed by atoms with van der Waals surface area (Å²) >= 11 is 8.05. The van der Waals surface area contributed by atoms with Crippen molar-refractivity contribution in [1.29, 1.82) is 0 Å². The first-order chi connectivity index (χ1) is 13.7. The molecule has 1 fully saturated rings. The molecule has 148 valence electrons. The molecule has 28 heavy (non-hydrogen) atoms. The molecule has 1 N–H and O–H groups in total. The monoisotopic (exact) mass is 420 g/mol. The van der Waals surface area contributed by atoms with Gasteiger partial charge in [-0.2, -0.15) is 0 Å². The summed E-state index contributed by atoms with van der Waals surface area (Å²) in [6.07, 6.45) is 3.47. The fourth-order valence-corrected chi connectivity index (χ4v) is 4.04. The molecule has 1 saturated heterocycles. The molecule has 0 amide bonds. The highest BCUT2D eigenvalue weighted by atomic mass is 35.5. The Morgan fingerprint density at radius 2 is 2.14 bits per heavy atom. The lowest BCUT2D eigenvalue weighted by Crippen LogP contribution is -2.38. The van der Waals surface area contributed by atoms with Crippen molar-refractivity contribution in [2.24, 2.45) is 0 Å². The predicted octanol–water partition coefficient (Wildman–Crippen LogP) is 3.48. The van der Waals surface area contributed by atoms with Crippen molar-refractivity contribution in [1.82, 2.24) is 19.9 Å². The van der Waals surface area contributed by atoms with E-state index in [1.54, 1.807) is 19.5 Å². The van der Waals surface area contributed by atoms with E-state index in [0.29, 0.717) is 28.6 Å². The first kappa shape index (κ1) is 19.3. The van der Waals surface area contributed by atoms with Gasteiger partial charge in [0, 0.05) is 43.5 Å². The second-order valence-electron chi connectivity index (χ2n) is 6.24. The van der Waals surface area contributed by atoms with Gasteiger partial charge in [0.05, 0.1) is 25.8 Å². The third-order valence-corrected chi connectivity index (χ3v) is 5.69. The van der Waals surface area contributed by atoms with E-state index in [1.807, 2.05) is 18.2 Å². The number of rotatable bonds is 7. The van der Waals surface area contributed by atoms with E-state index >= 15 is 0 Å². The van der Waals surface area contributed by atoms with E-state index in [1.165, 1.54) is 11.8 Å². The number of aromatic amines is 1. The van der Waals surface area contributed by atoms with Crippen molar-refractivity contribution in [2.75, 3.05) is 46.6 Å². The maximum absolute atomic E-state index is 6.64. The SMILES string of the molecule is COc1cc(Sc2ncc[nH]2)nc2c(Cl)c(OCCN3CCOCC3)ccc12. The molecule has 9 heteroatoms. The molecule has 0 saturated carbocycles. The van der Waals surface area contributed by atoms with Crippen molar-refractivity contribution in [2.45, 2.75) is 10.2 Å². The molecule has 0 unspecified atom stereocenters. The van der Waals surface area contributed by atoms with Crippen LogP contribution in [0.15, 0.2) is 40.8 Å². The van der Waals surface area contributed by atoms with Crippen LogP contribution in [0, 0.1) is 0 Å². The van der Waals surface area contributed by atoms with E-state index in [-0.39, 0.29) is 0 Å². The van der Waals surface area contributed by atoms with E-state index in [9.17, 15) is 0 Å². The number of hydrogen-bond donors (Lipinski definition) is 1. The number of aromatic nitrogens is 3. The molecule has 0 radical (unpaired) electrons. The molecule has 0 atom stereocenters. The summed E-state index contributed by atoms with van der Waals surface area (Å²) in [6.45, 7) is 4.81. The Hall–Kier alpha value is -2.00. The molecule has 7 nitrogen and oxygen atoms in total. The van der Waals surface area contributed by atoms with E-state index in [0.717, 1.165) is 48.4 Å². The third kappa shape index (κ3) is 4.35.